The zero-order chi connectivity index (χ0) is 18.0. The lowest BCUT2D eigenvalue weighted by Gasteiger charge is -2.21. The fourth-order valence-corrected chi connectivity index (χ4v) is 4.09. The zero-order valence-corrected chi connectivity index (χ0v) is 14.2. The summed E-state index contributed by atoms with van der Waals surface area (Å²) in [7, 11) is 0. The number of phenolic OH excluding ortho intramolecular Hbond substituents is 1. The summed E-state index contributed by atoms with van der Waals surface area (Å²) in [5.41, 5.74) is 2.82. The molecule has 0 spiro atoms. The van der Waals surface area contributed by atoms with E-state index in [1.165, 1.54) is 30.0 Å². The molecule has 8 heteroatoms. The summed E-state index contributed by atoms with van der Waals surface area (Å²) in [6.45, 7) is 0. The lowest BCUT2D eigenvalue weighted by molar-refractivity contribution is -0.384. The molecule has 1 aromatic heterocycles. The van der Waals surface area contributed by atoms with Crippen LogP contribution in [0.15, 0.2) is 23.2 Å². The van der Waals surface area contributed by atoms with Gasteiger partial charge in [-0.2, -0.15) is 0 Å². The first-order chi connectivity index (χ1) is 12.0. The van der Waals surface area contributed by atoms with Gasteiger partial charge in [0.05, 0.1) is 10.5 Å². The molecule has 0 amide bonds. The van der Waals surface area contributed by atoms with Gasteiger partial charge in [-0.15, -0.1) is 11.8 Å². The summed E-state index contributed by atoms with van der Waals surface area (Å²) in [6, 6.07) is 3.92. The number of benzene rings is 1. The largest absolute Gasteiger partial charge is 0.508 e. The SMILES string of the molecule is N=Cc1c(O)nc(SCc2cc([N+](=O)[O-])ccc2O)c2c1CCCC2. The number of hydrogen-bond acceptors (Lipinski definition) is 7. The molecule has 130 valence electrons. The Bertz CT molecular complexity index is 854. The fraction of sp³-hybridized carbons (Fsp3) is 0.294. The second kappa shape index (κ2) is 7.10. The second-order valence-corrected chi connectivity index (χ2v) is 6.79. The van der Waals surface area contributed by atoms with Crippen LogP contribution >= 0.6 is 11.8 Å². The van der Waals surface area contributed by atoms with Crippen molar-refractivity contribution in [3.05, 3.63) is 50.6 Å². The first-order valence-corrected chi connectivity index (χ1v) is 8.84. The molecule has 0 unspecified atom stereocenters. The number of non-ortho nitro benzene ring substituents is 1. The molecule has 0 radical (unpaired) electrons. The number of pyridine rings is 1. The van der Waals surface area contributed by atoms with Crippen LogP contribution in [0.3, 0.4) is 0 Å². The fourth-order valence-electron chi connectivity index (χ4n) is 3.02. The summed E-state index contributed by atoms with van der Waals surface area (Å²) >= 11 is 1.33. The molecule has 25 heavy (non-hydrogen) atoms. The maximum atomic E-state index is 10.9. The van der Waals surface area contributed by atoms with Crippen LogP contribution in [0.25, 0.3) is 0 Å². The molecule has 0 saturated carbocycles. The average molecular weight is 359 g/mol. The number of fused-ring (bicyclic) bond motifs is 1. The molecule has 0 saturated heterocycles. The summed E-state index contributed by atoms with van der Waals surface area (Å²) in [5.74, 6) is 0.129. The highest BCUT2D eigenvalue weighted by Crippen LogP contribution is 2.37. The zero-order valence-electron chi connectivity index (χ0n) is 13.4. The summed E-state index contributed by atoms with van der Waals surface area (Å²) in [6.07, 6.45) is 4.78. The van der Waals surface area contributed by atoms with Crippen molar-refractivity contribution in [3.8, 4) is 11.6 Å². The van der Waals surface area contributed by atoms with Gasteiger partial charge >= 0.3 is 0 Å². The molecule has 1 aliphatic rings. The summed E-state index contributed by atoms with van der Waals surface area (Å²) < 4.78 is 0. The summed E-state index contributed by atoms with van der Waals surface area (Å²) in [4.78, 5) is 14.6. The van der Waals surface area contributed by atoms with E-state index >= 15 is 0 Å². The Morgan fingerprint density at radius 3 is 2.68 bits per heavy atom. The molecule has 3 N–H and O–H groups in total. The molecule has 0 bridgehead atoms. The van der Waals surface area contributed by atoms with Gasteiger partial charge < -0.3 is 15.6 Å². The first-order valence-electron chi connectivity index (χ1n) is 7.85. The number of nitrogens with zero attached hydrogens (tertiary/aromatic N) is 2. The maximum Gasteiger partial charge on any atom is 0.270 e. The second-order valence-electron chi connectivity index (χ2n) is 5.82. The van der Waals surface area contributed by atoms with Crippen LogP contribution < -0.4 is 0 Å². The highest BCUT2D eigenvalue weighted by molar-refractivity contribution is 7.98. The normalized spacial score (nSPS) is 13.3. The lowest BCUT2D eigenvalue weighted by atomic mass is 9.90. The molecule has 1 heterocycles. The predicted molar refractivity (Wildman–Crippen MR) is 94.8 cm³/mol. The Morgan fingerprint density at radius 1 is 1.28 bits per heavy atom. The van der Waals surface area contributed by atoms with Gasteiger partial charge in [0.15, 0.2) is 0 Å². The quantitative estimate of drug-likeness (QED) is 0.325. The molecular weight excluding hydrogens is 342 g/mol. The highest BCUT2D eigenvalue weighted by Gasteiger charge is 2.21. The monoisotopic (exact) mass is 359 g/mol. The third kappa shape index (κ3) is 3.43. The Hall–Kier alpha value is -2.61. The van der Waals surface area contributed by atoms with Crippen LogP contribution in [0.5, 0.6) is 11.6 Å². The van der Waals surface area contributed by atoms with Gasteiger partial charge in [0.25, 0.3) is 5.69 Å². The van der Waals surface area contributed by atoms with Gasteiger partial charge in [0.1, 0.15) is 10.8 Å². The van der Waals surface area contributed by atoms with E-state index in [9.17, 15) is 20.3 Å². The minimum atomic E-state index is -0.502. The van der Waals surface area contributed by atoms with E-state index in [0.29, 0.717) is 21.9 Å². The molecule has 1 aliphatic carbocycles. The number of nitro groups is 1. The van der Waals surface area contributed by atoms with Crippen LogP contribution in [0.2, 0.25) is 0 Å². The molecule has 2 aromatic rings. The van der Waals surface area contributed by atoms with Crippen molar-refractivity contribution >= 4 is 23.7 Å². The molecule has 0 fully saturated rings. The van der Waals surface area contributed by atoms with E-state index < -0.39 is 4.92 Å². The number of rotatable bonds is 5. The number of thioether (sulfide) groups is 1. The van der Waals surface area contributed by atoms with Gasteiger partial charge in [-0.1, -0.05) is 0 Å². The van der Waals surface area contributed by atoms with E-state index in [0.717, 1.165) is 43.0 Å². The number of aromatic hydroxyl groups is 2. The maximum absolute atomic E-state index is 10.9. The van der Waals surface area contributed by atoms with Gasteiger partial charge in [-0.25, -0.2) is 4.98 Å². The first kappa shape index (κ1) is 17.2. The van der Waals surface area contributed by atoms with Gasteiger partial charge in [-0.05, 0) is 42.9 Å². The van der Waals surface area contributed by atoms with Crippen molar-refractivity contribution < 1.29 is 15.1 Å². The van der Waals surface area contributed by atoms with Crippen LogP contribution in [-0.2, 0) is 18.6 Å². The smallest absolute Gasteiger partial charge is 0.270 e. The van der Waals surface area contributed by atoms with Gasteiger partial charge in [0.2, 0.25) is 5.88 Å². The number of nitro benzene ring substituents is 1. The van der Waals surface area contributed by atoms with Crippen molar-refractivity contribution in [2.75, 3.05) is 0 Å². The molecule has 1 aromatic carbocycles. The Labute approximate surface area is 148 Å². The van der Waals surface area contributed by atoms with Crippen molar-refractivity contribution in [1.29, 1.82) is 5.41 Å². The molecule has 3 rings (SSSR count). The van der Waals surface area contributed by atoms with Crippen LogP contribution in [-0.4, -0.2) is 26.3 Å². The average Bonchev–Trinajstić information content (AvgIpc) is 2.60. The van der Waals surface area contributed by atoms with E-state index in [4.69, 9.17) is 5.41 Å². The molecule has 7 nitrogen and oxygen atoms in total. The van der Waals surface area contributed by atoms with E-state index in [2.05, 4.69) is 4.98 Å². The number of hydrogen-bond donors (Lipinski definition) is 3. The van der Waals surface area contributed by atoms with E-state index in [1.807, 2.05) is 0 Å². The Balaban J connectivity index is 1.92. The third-order valence-electron chi connectivity index (χ3n) is 4.28. The van der Waals surface area contributed by atoms with E-state index in [1.54, 1.807) is 0 Å². The van der Waals surface area contributed by atoms with E-state index in [-0.39, 0.29) is 17.3 Å². The van der Waals surface area contributed by atoms with Crippen molar-refractivity contribution in [2.24, 2.45) is 0 Å². The van der Waals surface area contributed by atoms with Crippen LogP contribution in [0.4, 0.5) is 5.69 Å². The molecule has 0 atom stereocenters. The minimum Gasteiger partial charge on any atom is -0.508 e. The van der Waals surface area contributed by atoms with Crippen molar-refractivity contribution in [1.82, 2.24) is 4.98 Å². The Morgan fingerprint density at radius 2 is 2.00 bits per heavy atom. The van der Waals surface area contributed by atoms with Crippen LogP contribution in [0, 0.1) is 15.5 Å². The van der Waals surface area contributed by atoms with Crippen LogP contribution in [0.1, 0.15) is 35.1 Å². The van der Waals surface area contributed by atoms with Gasteiger partial charge in [0, 0.05) is 29.7 Å². The topological polar surface area (TPSA) is 120 Å². The third-order valence-corrected chi connectivity index (χ3v) is 5.35. The predicted octanol–water partition coefficient (Wildman–Crippen LogP) is 3.57. The lowest BCUT2D eigenvalue weighted by Crippen LogP contribution is -2.10. The number of phenols is 1. The minimum absolute atomic E-state index is 0.00713. The molecule has 0 aliphatic heterocycles. The molecular formula is C17H17N3O4S. The summed E-state index contributed by atoms with van der Waals surface area (Å²) in [5, 5.41) is 39.1. The standard InChI is InChI=1S/C17H17N3O4S/c18-8-14-12-3-1-2-4-13(12)17(19-16(14)22)25-9-10-7-11(20(23)24)5-6-15(10)21/h5-8,18,21H,1-4,9H2,(H,19,22). The van der Waals surface area contributed by atoms with Crippen molar-refractivity contribution in [2.45, 2.75) is 36.5 Å². The van der Waals surface area contributed by atoms with Crippen molar-refractivity contribution in [3.63, 3.8) is 0 Å². The Kier molecular flexibility index (Phi) is 4.89. The number of aromatic nitrogens is 1. The highest BCUT2D eigenvalue weighted by atomic mass is 32.2. The number of nitrogens with one attached hydrogen (secondary N) is 1. The van der Waals surface area contributed by atoms with Gasteiger partial charge in [-0.3, -0.25) is 10.1 Å².